The second-order valence-corrected chi connectivity index (χ2v) is 6.20. The lowest BCUT2D eigenvalue weighted by Gasteiger charge is -2.05. The molecule has 2 aromatic rings. The third-order valence-electron chi connectivity index (χ3n) is 2.70. The van der Waals surface area contributed by atoms with Crippen LogP contribution in [0.4, 0.5) is 15.1 Å². The van der Waals surface area contributed by atoms with Crippen molar-refractivity contribution in [1.82, 2.24) is 15.3 Å². The van der Waals surface area contributed by atoms with Gasteiger partial charge in [0.05, 0.1) is 0 Å². The normalized spacial score (nSPS) is 10.2. The van der Waals surface area contributed by atoms with Crippen molar-refractivity contribution < 1.29 is 9.59 Å². The van der Waals surface area contributed by atoms with E-state index >= 15 is 0 Å². The van der Waals surface area contributed by atoms with Crippen molar-refractivity contribution in [2.24, 2.45) is 0 Å². The molecule has 7 nitrogen and oxygen atoms in total. The molecule has 2 heterocycles. The number of nitrogens with one attached hydrogen (secondary N) is 3. The first-order chi connectivity index (χ1) is 10.7. The monoisotopic (exact) mass is 339 g/mol. The van der Waals surface area contributed by atoms with Crippen LogP contribution in [0.5, 0.6) is 0 Å². The van der Waals surface area contributed by atoms with Crippen molar-refractivity contribution >= 4 is 44.9 Å². The fourth-order valence-corrected chi connectivity index (χ4v) is 2.75. The lowest BCUT2D eigenvalue weighted by Crippen LogP contribution is -2.29. The Balaban J connectivity index is 1.47. The molecule has 0 aliphatic rings. The van der Waals surface area contributed by atoms with Crippen LogP contribution in [0.15, 0.2) is 23.2 Å². The summed E-state index contributed by atoms with van der Waals surface area (Å²) in [5.74, 6) is -0.0237. The maximum atomic E-state index is 11.6. The molecule has 22 heavy (non-hydrogen) atoms. The average molecular weight is 339 g/mol. The van der Waals surface area contributed by atoms with E-state index in [2.05, 4.69) is 25.9 Å². The SMILES string of the molecule is O=C(CCCCCNC(=O)Nc1nccs1)Nc1nccs1. The van der Waals surface area contributed by atoms with Gasteiger partial charge in [-0.2, -0.15) is 0 Å². The van der Waals surface area contributed by atoms with Crippen LogP contribution in [0.1, 0.15) is 25.7 Å². The molecular weight excluding hydrogens is 322 g/mol. The van der Waals surface area contributed by atoms with E-state index in [1.165, 1.54) is 22.7 Å². The van der Waals surface area contributed by atoms with E-state index in [1.54, 1.807) is 17.8 Å². The van der Waals surface area contributed by atoms with Crippen LogP contribution >= 0.6 is 22.7 Å². The first kappa shape index (κ1) is 16.4. The Bertz CT molecular complexity index is 519. The summed E-state index contributed by atoms with van der Waals surface area (Å²) in [4.78, 5) is 31.1. The lowest BCUT2D eigenvalue weighted by molar-refractivity contribution is -0.116. The Morgan fingerprint density at radius 1 is 0.955 bits per heavy atom. The van der Waals surface area contributed by atoms with Crippen LogP contribution in [-0.4, -0.2) is 28.5 Å². The van der Waals surface area contributed by atoms with Crippen LogP contribution in [0.2, 0.25) is 0 Å². The molecule has 2 aromatic heterocycles. The second-order valence-electron chi connectivity index (χ2n) is 4.41. The standard InChI is InChI=1S/C13H17N5O2S2/c19-10(17-12-15-6-8-21-12)4-2-1-3-5-14-11(20)18-13-16-7-9-22-13/h6-9H,1-5H2,(H,15,17,19)(H2,14,16,18,20). The van der Waals surface area contributed by atoms with Crippen LogP contribution < -0.4 is 16.0 Å². The van der Waals surface area contributed by atoms with E-state index in [0.717, 1.165) is 19.3 Å². The number of rotatable bonds is 8. The number of carbonyl (C=O) groups excluding carboxylic acids is 2. The van der Waals surface area contributed by atoms with Crippen molar-refractivity contribution in [1.29, 1.82) is 0 Å². The molecule has 0 spiro atoms. The molecular formula is C13H17N5O2S2. The predicted molar refractivity (Wildman–Crippen MR) is 88.3 cm³/mol. The highest BCUT2D eigenvalue weighted by Gasteiger charge is 2.04. The van der Waals surface area contributed by atoms with Crippen LogP contribution in [0, 0.1) is 0 Å². The van der Waals surface area contributed by atoms with E-state index < -0.39 is 0 Å². The Morgan fingerprint density at radius 3 is 2.27 bits per heavy atom. The quantitative estimate of drug-likeness (QED) is 0.644. The van der Waals surface area contributed by atoms with Gasteiger partial charge >= 0.3 is 6.03 Å². The van der Waals surface area contributed by atoms with Gasteiger partial charge in [-0.05, 0) is 12.8 Å². The number of amides is 3. The number of urea groups is 1. The molecule has 9 heteroatoms. The summed E-state index contributed by atoms with van der Waals surface area (Å²) < 4.78 is 0. The van der Waals surface area contributed by atoms with Crippen molar-refractivity contribution in [3.63, 3.8) is 0 Å². The molecule has 2 rings (SSSR count). The predicted octanol–water partition coefficient (Wildman–Crippen LogP) is 2.92. The van der Waals surface area contributed by atoms with Crippen LogP contribution in [0.3, 0.4) is 0 Å². The topological polar surface area (TPSA) is 96.0 Å². The number of hydrogen-bond acceptors (Lipinski definition) is 6. The second kappa shape index (κ2) is 9.11. The highest BCUT2D eigenvalue weighted by atomic mass is 32.1. The molecule has 0 aromatic carbocycles. The molecule has 3 amide bonds. The highest BCUT2D eigenvalue weighted by Crippen LogP contribution is 2.11. The summed E-state index contributed by atoms with van der Waals surface area (Å²) in [5, 5.41) is 13.0. The van der Waals surface area contributed by atoms with Crippen molar-refractivity contribution in [3.05, 3.63) is 23.2 Å². The van der Waals surface area contributed by atoms with Gasteiger partial charge in [-0.3, -0.25) is 10.1 Å². The van der Waals surface area contributed by atoms with Gasteiger partial charge in [0.2, 0.25) is 5.91 Å². The molecule has 3 N–H and O–H groups in total. The maximum Gasteiger partial charge on any atom is 0.321 e. The van der Waals surface area contributed by atoms with E-state index in [-0.39, 0.29) is 11.9 Å². The molecule has 0 aliphatic carbocycles. The summed E-state index contributed by atoms with van der Waals surface area (Å²) in [6.45, 7) is 0.575. The molecule has 0 atom stereocenters. The smallest absolute Gasteiger partial charge is 0.321 e. The van der Waals surface area contributed by atoms with Crippen molar-refractivity contribution in [2.75, 3.05) is 17.2 Å². The number of thiazole rings is 2. The van der Waals surface area contributed by atoms with Crippen molar-refractivity contribution in [3.8, 4) is 0 Å². The van der Waals surface area contributed by atoms with E-state index in [4.69, 9.17) is 0 Å². The van der Waals surface area contributed by atoms with E-state index in [0.29, 0.717) is 23.2 Å². The average Bonchev–Trinajstić information content (AvgIpc) is 3.16. The number of hydrogen-bond donors (Lipinski definition) is 3. The van der Waals surface area contributed by atoms with E-state index in [9.17, 15) is 9.59 Å². The first-order valence-corrected chi connectivity index (χ1v) is 8.63. The summed E-state index contributed by atoms with van der Waals surface area (Å²) in [7, 11) is 0. The maximum absolute atomic E-state index is 11.6. The Kier molecular flexibility index (Phi) is 6.78. The number of anilines is 2. The van der Waals surface area contributed by atoms with Crippen molar-refractivity contribution in [2.45, 2.75) is 25.7 Å². The van der Waals surface area contributed by atoms with Gasteiger partial charge < -0.3 is 10.6 Å². The molecule has 0 aliphatic heterocycles. The summed E-state index contributed by atoms with van der Waals surface area (Å²) in [6, 6.07) is -0.253. The first-order valence-electron chi connectivity index (χ1n) is 6.88. The molecule has 118 valence electrons. The zero-order valence-corrected chi connectivity index (χ0v) is 13.5. The molecule has 0 unspecified atom stereocenters. The number of nitrogens with zero attached hydrogens (tertiary/aromatic N) is 2. The largest absolute Gasteiger partial charge is 0.338 e. The number of carbonyl (C=O) groups is 2. The van der Waals surface area contributed by atoms with Gasteiger partial charge in [0.1, 0.15) is 0 Å². The minimum atomic E-state index is -0.253. The minimum absolute atomic E-state index is 0.0237. The molecule has 0 saturated carbocycles. The fourth-order valence-electron chi connectivity index (χ4n) is 1.68. The fraction of sp³-hybridized carbons (Fsp3) is 0.385. The van der Waals surface area contributed by atoms with Gasteiger partial charge in [0, 0.05) is 36.1 Å². The third-order valence-corrected chi connectivity index (χ3v) is 4.07. The highest BCUT2D eigenvalue weighted by molar-refractivity contribution is 7.14. The van der Waals surface area contributed by atoms with Crippen LogP contribution in [-0.2, 0) is 4.79 Å². The molecule has 0 saturated heterocycles. The Labute approximate surface area is 136 Å². The molecule has 0 bridgehead atoms. The summed E-state index contributed by atoms with van der Waals surface area (Å²) >= 11 is 2.77. The summed E-state index contributed by atoms with van der Waals surface area (Å²) in [6.07, 6.45) is 6.25. The zero-order chi connectivity index (χ0) is 15.6. The van der Waals surface area contributed by atoms with Gasteiger partial charge in [0.25, 0.3) is 0 Å². The Morgan fingerprint density at radius 2 is 1.64 bits per heavy atom. The molecule has 0 radical (unpaired) electrons. The van der Waals surface area contributed by atoms with Gasteiger partial charge in [-0.25, -0.2) is 14.8 Å². The molecule has 0 fully saturated rings. The summed E-state index contributed by atoms with van der Waals surface area (Å²) in [5.41, 5.74) is 0. The third kappa shape index (κ3) is 6.19. The van der Waals surface area contributed by atoms with Gasteiger partial charge in [-0.15, -0.1) is 22.7 Å². The van der Waals surface area contributed by atoms with Crippen LogP contribution in [0.25, 0.3) is 0 Å². The van der Waals surface area contributed by atoms with E-state index in [1.807, 2.05) is 5.38 Å². The number of unbranched alkanes of at least 4 members (excludes halogenated alkanes) is 2. The number of aromatic nitrogens is 2. The van der Waals surface area contributed by atoms with Gasteiger partial charge in [0.15, 0.2) is 10.3 Å². The zero-order valence-electron chi connectivity index (χ0n) is 11.9. The van der Waals surface area contributed by atoms with Gasteiger partial charge in [-0.1, -0.05) is 6.42 Å². The minimum Gasteiger partial charge on any atom is -0.338 e. The lowest BCUT2D eigenvalue weighted by atomic mass is 10.2. The Hall–Kier alpha value is -2.00.